The Balaban J connectivity index is 1.22. The van der Waals surface area contributed by atoms with E-state index >= 15 is 0 Å². The van der Waals surface area contributed by atoms with Gasteiger partial charge in [0.2, 0.25) is 17.7 Å². The molecule has 3 fully saturated rings. The summed E-state index contributed by atoms with van der Waals surface area (Å²) in [5.41, 5.74) is 0.999. The molecule has 6 rings (SSSR count). The van der Waals surface area contributed by atoms with Crippen molar-refractivity contribution < 1.29 is 23.0 Å². The van der Waals surface area contributed by atoms with Gasteiger partial charge < -0.3 is 25.0 Å². The molecule has 214 valence electrons. The van der Waals surface area contributed by atoms with Crippen LogP contribution >= 0.6 is 0 Å². The molecule has 2 atom stereocenters. The molecule has 1 aromatic carbocycles. The second-order valence-corrected chi connectivity index (χ2v) is 10.8. The molecule has 4 heterocycles. The molecule has 3 aliphatic rings. The normalized spacial score (nSPS) is 22.2. The summed E-state index contributed by atoms with van der Waals surface area (Å²) in [6.45, 7) is 4.17. The second kappa shape index (κ2) is 12.0. The number of hydrogen-bond acceptors (Lipinski definition) is 8. The Labute approximate surface area is 231 Å². The Morgan fingerprint density at radius 1 is 1.10 bits per heavy atom. The lowest BCUT2D eigenvalue weighted by Crippen LogP contribution is -2.37. The Morgan fingerprint density at radius 3 is 2.70 bits per heavy atom. The number of carbonyl (C=O) groups is 1. The van der Waals surface area contributed by atoms with Gasteiger partial charge in [0.15, 0.2) is 5.82 Å². The van der Waals surface area contributed by atoms with Gasteiger partial charge in [0.05, 0.1) is 24.2 Å². The molecule has 2 aliphatic heterocycles. The van der Waals surface area contributed by atoms with Crippen LogP contribution in [-0.2, 0) is 9.53 Å². The topological polar surface area (TPSA) is 106 Å². The number of alkyl halides is 2. The van der Waals surface area contributed by atoms with Crippen molar-refractivity contribution in [3.8, 4) is 11.7 Å². The van der Waals surface area contributed by atoms with E-state index in [1.807, 2.05) is 4.90 Å². The Bertz CT molecular complexity index is 1320. The first-order chi connectivity index (χ1) is 19.5. The van der Waals surface area contributed by atoms with Crippen molar-refractivity contribution in [2.24, 2.45) is 5.92 Å². The summed E-state index contributed by atoms with van der Waals surface area (Å²) in [5.74, 6) is 1.15. The van der Waals surface area contributed by atoms with Crippen LogP contribution in [0.5, 0.6) is 5.88 Å². The standard InChI is InChI=1S/C28H35F2N7O3/c29-26(30)27-33-21-3-1-2-4-22(21)37(27)23-17-25(35-28(34-23)36-11-13-39-14-12-36)40-20-6-5-19(16-20)32-24(38)15-18-7-9-31-10-8-18/h1-4,17-20,26,31H,5-16H2,(H,32,38)/t19-,20-/m0/s1. The van der Waals surface area contributed by atoms with Crippen molar-refractivity contribution in [3.05, 3.63) is 36.2 Å². The van der Waals surface area contributed by atoms with Gasteiger partial charge in [-0.05, 0) is 56.8 Å². The molecule has 0 bridgehead atoms. The Kier molecular flexibility index (Phi) is 8.05. The summed E-state index contributed by atoms with van der Waals surface area (Å²) in [5, 5.41) is 6.52. The van der Waals surface area contributed by atoms with E-state index in [9.17, 15) is 13.6 Å². The number of rotatable bonds is 8. The zero-order chi connectivity index (χ0) is 27.5. The number of hydrogen-bond donors (Lipinski definition) is 2. The van der Waals surface area contributed by atoms with E-state index in [2.05, 4.69) is 25.6 Å². The zero-order valence-electron chi connectivity index (χ0n) is 22.4. The Morgan fingerprint density at radius 2 is 1.90 bits per heavy atom. The maximum absolute atomic E-state index is 14.1. The largest absolute Gasteiger partial charge is 0.474 e. The van der Waals surface area contributed by atoms with Crippen LogP contribution in [0, 0.1) is 5.92 Å². The number of halogens is 2. The van der Waals surface area contributed by atoms with E-state index in [-0.39, 0.29) is 29.7 Å². The van der Waals surface area contributed by atoms with Gasteiger partial charge in [0, 0.05) is 38.0 Å². The molecule has 0 spiro atoms. The number of imidazole rings is 1. The number of aromatic nitrogens is 4. The van der Waals surface area contributed by atoms with Crippen molar-refractivity contribution in [1.29, 1.82) is 0 Å². The lowest BCUT2D eigenvalue weighted by Gasteiger charge is -2.27. The van der Waals surface area contributed by atoms with E-state index in [0.717, 1.165) is 38.8 Å². The van der Waals surface area contributed by atoms with Gasteiger partial charge in [-0.15, -0.1) is 0 Å². The summed E-state index contributed by atoms with van der Waals surface area (Å²) in [4.78, 5) is 28.1. The molecule has 3 aromatic rings. The van der Waals surface area contributed by atoms with Gasteiger partial charge in [0.1, 0.15) is 11.9 Å². The van der Waals surface area contributed by atoms with Crippen LogP contribution in [-0.4, -0.2) is 77.0 Å². The molecule has 2 saturated heterocycles. The first kappa shape index (κ1) is 26.8. The zero-order valence-corrected chi connectivity index (χ0v) is 22.4. The summed E-state index contributed by atoms with van der Waals surface area (Å²) in [6, 6.07) is 8.66. The highest BCUT2D eigenvalue weighted by molar-refractivity contribution is 5.78. The molecule has 12 heteroatoms. The fourth-order valence-corrected chi connectivity index (χ4v) is 5.90. The Hall–Kier alpha value is -3.38. The van der Waals surface area contributed by atoms with E-state index < -0.39 is 6.43 Å². The molecular weight excluding hydrogens is 520 g/mol. The van der Waals surface area contributed by atoms with E-state index in [1.165, 1.54) is 4.57 Å². The van der Waals surface area contributed by atoms with Crippen LogP contribution in [0.15, 0.2) is 30.3 Å². The van der Waals surface area contributed by atoms with E-state index in [0.29, 0.717) is 67.9 Å². The van der Waals surface area contributed by atoms with E-state index in [4.69, 9.17) is 9.47 Å². The summed E-state index contributed by atoms with van der Waals surface area (Å²) >= 11 is 0. The minimum Gasteiger partial charge on any atom is -0.474 e. The molecule has 1 aliphatic carbocycles. The van der Waals surface area contributed by atoms with Crippen molar-refractivity contribution >= 4 is 22.9 Å². The monoisotopic (exact) mass is 555 g/mol. The molecule has 0 unspecified atom stereocenters. The SMILES string of the molecule is O=C(CC1CCNCC1)N[C@H]1CC[C@H](Oc2cc(-n3c(C(F)F)nc4ccccc43)nc(N3CCOCC3)n2)C1. The third-order valence-corrected chi connectivity index (χ3v) is 7.95. The molecule has 2 N–H and O–H groups in total. The highest BCUT2D eigenvalue weighted by Crippen LogP contribution is 2.31. The number of carbonyl (C=O) groups excluding carboxylic acids is 1. The molecule has 10 nitrogen and oxygen atoms in total. The third kappa shape index (κ3) is 6.02. The number of para-hydroxylation sites is 2. The number of morpholine rings is 1. The highest BCUT2D eigenvalue weighted by Gasteiger charge is 2.30. The summed E-state index contributed by atoms with van der Waals surface area (Å²) < 4.78 is 41.4. The molecule has 1 saturated carbocycles. The van der Waals surface area contributed by atoms with Crippen LogP contribution in [0.25, 0.3) is 16.9 Å². The fraction of sp³-hybridized carbons (Fsp3) is 0.571. The van der Waals surface area contributed by atoms with Gasteiger partial charge in [-0.1, -0.05) is 12.1 Å². The first-order valence-electron chi connectivity index (χ1n) is 14.2. The third-order valence-electron chi connectivity index (χ3n) is 7.95. The number of benzene rings is 1. The predicted octanol–water partition coefficient (Wildman–Crippen LogP) is 3.40. The molecular formula is C28H35F2N7O3. The molecule has 2 aromatic heterocycles. The van der Waals surface area contributed by atoms with Crippen LogP contribution in [0.3, 0.4) is 0 Å². The first-order valence-corrected chi connectivity index (χ1v) is 14.2. The number of amides is 1. The van der Waals surface area contributed by atoms with Gasteiger partial charge in [-0.2, -0.15) is 9.97 Å². The fourth-order valence-electron chi connectivity index (χ4n) is 5.90. The average Bonchev–Trinajstić information content (AvgIpc) is 3.58. The maximum Gasteiger partial charge on any atom is 0.296 e. The number of ether oxygens (including phenoxy) is 2. The molecule has 1 amide bonds. The van der Waals surface area contributed by atoms with Crippen molar-refractivity contribution in [1.82, 2.24) is 30.2 Å². The van der Waals surface area contributed by atoms with Crippen LogP contribution < -0.4 is 20.3 Å². The van der Waals surface area contributed by atoms with E-state index in [1.54, 1.807) is 30.3 Å². The number of anilines is 1. The molecule has 0 radical (unpaired) electrons. The van der Waals surface area contributed by atoms with Crippen molar-refractivity contribution in [2.45, 2.75) is 57.1 Å². The minimum atomic E-state index is -2.79. The number of fused-ring (bicyclic) bond motifs is 1. The lowest BCUT2D eigenvalue weighted by atomic mass is 9.94. The van der Waals surface area contributed by atoms with Crippen LogP contribution in [0.1, 0.15) is 50.8 Å². The number of nitrogens with one attached hydrogen (secondary N) is 2. The van der Waals surface area contributed by atoms with Gasteiger partial charge in [0.25, 0.3) is 6.43 Å². The molecule has 40 heavy (non-hydrogen) atoms. The van der Waals surface area contributed by atoms with Crippen molar-refractivity contribution in [2.75, 3.05) is 44.3 Å². The lowest BCUT2D eigenvalue weighted by molar-refractivity contribution is -0.122. The van der Waals surface area contributed by atoms with Crippen LogP contribution in [0.4, 0.5) is 14.7 Å². The van der Waals surface area contributed by atoms with Crippen LogP contribution in [0.2, 0.25) is 0 Å². The van der Waals surface area contributed by atoms with Gasteiger partial charge in [-0.3, -0.25) is 9.36 Å². The van der Waals surface area contributed by atoms with Gasteiger partial charge in [-0.25, -0.2) is 13.8 Å². The smallest absolute Gasteiger partial charge is 0.296 e. The van der Waals surface area contributed by atoms with Gasteiger partial charge >= 0.3 is 0 Å². The number of piperidine rings is 1. The average molecular weight is 556 g/mol. The maximum atomic E-state index is 14.1. The quantitative estimate of drug-likeness (QED) is 0.436. The van der Waals surface area contributed by atoms with Crippen molar-refractivity contribution in [3.63, 3.8) is 0 Å². The number of nitrogens with zero attached hydrogens (tertiary/aromatic N) is 5. The predicted molar refractivity (Wildman–Crippen MR) is 145 cm³/mol. The highest BCUT2D eigenvalue weighted by atomic mass is 19.3. The minimum absolute atomic E-state index is 0.0438. The summed E-state index contributed by atoms with van der Waals surface area (Å²) in [6.07, 6.45) is 1.93. The summed E-state index contributed by atoms with van der Waals surface area (Å²) in [7, 11) is 0. The second-order valence-electron chi connectivity index (χ2n) is 10.8.